The van der Waals surface area contributed by atoms with Gasteiger partial charge in [-0.1, -0.05) is 6.92 Å². The molecule has 1 aliphatic rings. The molecule has 1 aliphatic heterocycles. The maximum Gasteiger partial charge on any atom is 0.222 e. The molecule has 1 saturated heterocycles. The quantitative estimate of drug-likeness (QED) is 0.612. The SMILES string of the molecule is CCC(=O)N1CCC(NI)CC1. The van der Waals surface area contributed by atoms with Crippen LogP contribution in [-0.4, -0.2) is 29.9 Å². The van der Waals surface area contributed by atoms with E-state index in [0.29, 0.717) is 18.4 Å². The van der Waals surface area contributed by atoms with Crippen molar-refractivity contribution in [2.24, 2.45) is 0 Å². The predicted octanol–water partition coefficient (Wildman–Crippen LogP) is 1.33. The van der Waals surface area contributed by atoms with Gasteiger partial charge in [-0.2, -0.15) is 0 Å². The smallest absolute Gasteiger partial charge is 0.222 e. The Hall–Kier alpha value is 0.160. The van der Waals surface area contributed by atoms with Gasteiger partial charge in [-0.15, -0.1) is 0 Å². The van der Waals surface area contributed by atoms with Crippen molar-refractivity contribution >= 4 is 28.8 Å². The largest absolute Gasteiger partial charge is 0.343 e. The summed E-state index contributed by atoms with van der Waals surface area (Å²) in [5.41, 5.74) is 0. The second-order valence-corrected chi connectivity index (χ2v) is 3.74. The van der Waals surface area contributed by atoms with Crippen molar-refractivity contribution < 1.29 is 4.79 Å². The Labute approximate surface area is 87.4 Å². The minimum absolute atomic E-state index is 0.293. The van der Waals surface area contributed by atoms with Gasteiger partial charge in [0, 0.05) is 48.4 Å². The molecule has 1 rings (SSSR count). The zero-order valence-electron chi connectivity index (χ0n) is 7.35. The number of carbonyl (C=O) groups is 1. The molecule has 0 bridgehead atoms. The molecule has 3 nitrogen and oxygen atoms in total. The third-order valence-corrected chi connectivity index (χ3v) is 3.19. The summed E-state index contributed by atoms with van der Waals surface area (Å²) in [4.78, 5) is 13.2. The first-order valence-corrected chi connectivity index (χ1v) is 5.49. The van der Waals surface area contributed by atoms with Crippen LogP contribution in [0.2, 0.25) is 0 Å². The van der Waals surface area contributed by atoms with Gasteiger partial charge >= 0.3 is 0 Å². The van der Waals surface area contributed by atoms with E-state index in [9.17, 15) is 4.79 Å². The first kappa shape index (κ1) is 10.2. The van der Waals surface area contributed by atoms with Crippen LogP contribution in [0.15, 0.2) is 0 Å². The van der Waals surface area contributed by atoms with E-state index in [1.165, 1.54) is 0 Å². The minimum Gasteiger partial charge on any atom is -0.343 e. The van der Waals surface area contributed by atoms with Crippen molar-refractivity contribution in [3.05, 3.63) is 0 Å². The van der Waals surface area contributed by atoms with Crippen LogP contribution in [0.3, 0.4) is 0 Å². The van der Waals surface area contributed by atoms with Crippen LogP contribution in [-0.2, 0) is 4.79 Å². The average molecular weight is 282 g/mol. The first-order valence-electron chi connectivity index (χ1n) is 4.42. The number of rotatable bonds is 2. The number of piperidine rings is 1. The Morgan fingerprint density at radius 2 is 2.17 bits per heavy atom. The maximum atomic E-state index is 11.3. The van der Waals surface area contributed by atoms with E-state index in [-0.39, 0.29) is 0 Å². The molecule has 0 aromatic carbocycles. The maximum absolute atomic E-state index is 11.3. The summed E-state index contributed by atoms with van der Waals surface area (Å²) >= 11 is 2.19. The number of hydrogen-bond donors (Lipinski definition) is 1. The molecule has 0 atom stereocenters. The Morgan fingerprint density at radius 3 is 2.58 bits per heavy atom. The number of amides is 1. The van der Waals surface area contributed by atoms with Crippen LogP contribution < -0.4 is 3.53 Å². The summed E-state index contributed by atoms with van der Waals surface area (Å²) in [6.07, 6.45) is 2.83. The van der Waals surface area contributed by atoms with Gasteiger partial charge in [0.05, 0.1) is 0 Å². The zero-order valence-corrected chi connectivity index (χ0v) is 9.50. The van der Waals surface area contributed by atoms with E-state index in [1.54, 1.807) is 0 Å². The Kier molecular flexibility index (Phi) is 4.28. The molecular weight excluding hydrogens is 267 g/mol. The highest BCUT2D eigenvalue weighted by Gasteiger charge is 2.20. The molecule has 4 heteroatoms. The second kappa shape index (κ2) is 5.01. The molecule has 0 radical (unpaired) electrons. The van der Waals surface area contributed by atoms with Gasteiger partial charge in [0.25, 0.3) is 0 Å². The van der Waals surface area contributed by atoms with Crippen molar-refractivity contribution in [2.45, 2.75) is 32.2 Å². The predicted molar refractivity (Wildman–Crippen MR) is 57.0 cm³/mol. The molecule has 12 heavy (non-hydrogen) atoms. The fourth-order valence-electron chi connectivity index (χ4n) is 1.46. The minimum atomic E-state index is 0.293. The summed E-state index contributed by atoms with van der Waals surface area (Å²) in [5.74, 6) is 0.293. The van der Waals surface area contributed by atoms with Crippen LogP contribution in [0.4, 0.5) is 0 Å². The van der Waals surface area contributed by atoms with Gasteiger partial charge in [-0.25, -0.2) is 0 Å². The Balaban J connectivity index is 2.30. The van der Waals surface area contributed by atoms with Crippen LogP contribution in [0, 0.1) is 0 Å². The summed E-state index contributed by atoms with van der Waals surface area (Å²) in [7, 11) is 0. The van der Waals surface area contributed by atoms with Gasteiger partial charge in [-0.3, -0.25) is 8.32 Å². The second-order valence-electron chi connectivity index (χ2n) is 3.12. The van der Waals surface area contributed by atoms with E-state index in [1.807, 2.05) is 11.8 Å². The third-order valence-electron chi connectivity index (χ3n) is 2.30. The van der Waals surface area contributed by atoms with Crippen LogP contribution in [0.25, 0.3) is 0 Å². The van der Waals surface area contributed by atoms with Gasteiger partial charge < -0.3 is 4.90 Å². The lowest BCUT2D eigenvalue weighted by atomic mass is 10.1. The molecular formula is C8H15IN2O. The van der Waals surface area contributed by atoms with Gasteiger partial charge in [0.15, 0.2) is 0 Å². The Bertz CT molecular complexity index is 155. The van der Waals surface area contributed by atoms with Crippen molar-refractivity contribution in [1.29, 1.82) is 0 Å². The fraction of sp³-hybridized carbons (Fsp3) is 0.875. The van der Waals surface area contributed by atoms with Gasteiger partial charge in [0.1, 0.15) is 0 Å². The van der Waals surface area contributed by atoms with Gasteiger partial charge in [-0.05, 0) is 12.8 Å². The first-order chi connectivity index (χ1) is 5.77. The molecule has 1 heterocycles. The zero-order chi connectivity index (χ0) is 8.97. The number of halogens is 1. The number of hydrogen-bond acceptors (Lipinski definition) is 2. The van der Waals surface area contributed by atoms with Crippen LogP contribution >= 0.6 is 22.9 Å². The summed E-state index contributed by atoms with van der Waals surface area (Å²) in [6, 6.07) is 0.603. The average Bonchev–Trinajstić information content (AvgIpc) is 2.17. The van der Waals surface area contributed by atoms with Crippen molar-refractivity contribution in [3.8, 4) is 0 Å². The molecule has 0 aromatic heterocycles. The lowest BCUT2D eigenvalue weighted by Crippen LogP contribution is -2.42. The van der Waals surface area contributed by atoms with E-state index in [4.69, 9.17) is 0 Å². The number of nitrogens with one attached hydrogen (secondary N) is 1. The molecule has 1 N–H and O–H groups in total. The molecule has 1 amide bonds. The molecule has 70 valence electrons. The highest BCUT2D eigenvalue weighted by atomic mass is 127. The van der Waals surface area contributed by atoms with Crippen molar-refractivity contribution in [2.75, 3.05) is 13.1 Å². The standard InChI is InChI=1S/C8H15IN2O/c1-2-8(12)11-5-3-7(10-9)4-6-11/h7,10H,2-6H2,1H3. The molecule has 0 saturated carbocycles. The lowest BCUT2D eigenvalue weighted by Gasteiger charge is -2.31. The monoisotopic (exact) mass is 282 g/mol. The van der Waals surface area contributed by atoms with Crippen LogP contribution in [0.1, 0.15) is 26.2 Å². The van der Waals surface area contributed by atoms with E-state index >= 15 is 0 Å². The highest BCUT2D eigenvalue weighted by Crippen LogP contribution is 2.11. The van der Waals surface area contributed by atoms with E-state index < -0.39 is 0 Å². The van der Waals surface area contributed by atoms with E-state index in [2.05, 4.69) is 26.4 Å². The third kappa shape index (κ3) is 2.58. The van der Waals surface area contributed by atoms with Crippen LogP contribution in [0.5, 0.6) is 0 Å². The fourth-order valence-corrected chi connectivity index (χ4v) is 2.08. The van der Waals surface area contributed by atoms with Crippen molar-refractivity contribution in [1.82, 2.24) is 8.43 Å². The number of nitrogens with zero attached hydrogens (tertiary/aromatic N) is 1. The molecule has 0 spiro atoms. The summed E-state index contributed by atoms with van der Waals surface area (Å²) in [5, 5.41) is 0. The topological polar surface area (TPSA) is 32.3 Å². The summed E-state index contributed by atoms with van der Waals surface area (Å²) < 4.78 is 3.21. The summed E-state index contributed by atoms with van der Waals surface area (Å²) in [6.45, 7) is 3.77. The normalized spacial score (nSPS) is 19.7. The molecule has 0 unspecified atom stereocenters. The molecule has 0 aromatic rings. The number of carbonyl (C=O) groups excluding carboxylic acids is 1. The van der Waals surface area contributed by atoms with E-state index in [0.717, 1.165) is 25.9 Å². The molecule has 1 fully saturated rings. The lowest BCUT2D eigenvalue weighted by molar-refractivity contribution is -0.131. The Morgan fingerprint density at radius 1 is 1.58 bits per heavy atom. The van der Waals surface area contributed by atoms with Crippen molar-refractivity contribution in [3.63, 3.8) is 0 Å². The number of likely N-dealkylation sites (tertiary alicyclic amines) is 1. The molecule has 0 aliphatic carbocycles. The van der Waals surface area contributed by atoms with Gasteiger partial charge in [0.2, 0.25) is 5.91 Å². The highest BCUT2D eigenvalue weighted by molar-refractivity contribution is 14.1.